The standard InChI is InChI=1S/C23H23Cl2NO2/c24-23(25)21(19-15-9-1-2-10-16-20(19)28-22(23)27)26(17-11-5-3-6-12-17)18-13-7-4-8-14-18/h3-8,11-14,21H,1-2,9-10,15-16H2. The lowest BCUT2D eigenvalue weighted by Gasteiger charge is -2.44. The van der Waals surface area contributed by atoms with E-state index in [1.807, 2.05) is 60.7 Å². The van der Waals surface area contributed by atoms with E-state index in [4.69, 9.17) is 27.9 Å². The first-order valence-corrected chi connectivity index (χ1v) is 10.6. The number of hydrogen-bond donors (Lipinski definition) is 0. The number of para-hydroxylation sites is 2. The maximum Gasteiger partial charge on any atom is 0.350 e. The Bertz CT molecular complexity index is 825. The van der Waals surface area contributed by atoms with Crippen molar-refractivity contribution >= 4 is 40.5 Å². The highest BCUT2D eigenvalue weighted by molar-refractivity contribution is 6.58. The van der Waals surface area contributed by atoms with Gasteiger partial charge in [0, 0.05) is 17.8 Å². The molecule has 4 rings (SSSR count). The van der Waals surface area contributed by atoms with Gasteiger partial charge in [0.2, 0.25) is 4.33 Å². The highest BCUT2D eigenvalue weighted by Crippen LogP contribution is 2.47. The molecule has 3 nitrogen and oxygen atoms in total. The Morgan fingerprint density at radius 1 is 0.821 bits per heavy atom. The molecule has 0 saturated heterocycles. The third-order valence-electron chi connectivity index (χ3n) is 5.45. The molecule has 2 aromatic rings. The van der Waals surface area contributed by atoms with Crippen LogP contribution in [0.1, 0.15) is 38.5 Å². The largest absolute Gasteiger partial charge is 0.429 e. The van der Waals surface area contributed by atoms with E-state index in [0.717, 1.165) is 61.2 Å². The summed E-state index contributed by atoms with van der Waals surface area (Å²) in [4.78, 5) is 14.9. The van der Waals surface area contributed by atoms with Crippen LogP contribution in [0.25, 0.3) is 0 Å². The SMILES string of the molecule is O=C1OC2=C(CCCCCC2)C(N(c2ccccc2)c2ccccc2)C1(Cl)Cl. The van der Waals surface area contributed by atoms with Gasteiger partial charge in [-0.25, -0.2) is 4.79 Å². The molecule has 0 aromatic heterocycles. The minimum Gasteiger partial charge on any atom is -0.429 e. The van der Waals surface area contributed by atoms with Gasteiger partial charge in [-0.15, -0.1) is 0 Å². The zero-order chi connectivity index (χ0) is 19.6. The number of alkyl halides is 2. The lowest BCUT2D eigenvalue weighted by molar-refractivity contribution is -0.142. The predicted molar refractivity (Wildman–Crippen MR) is 114 cm³/mol. The first-order valence-electron chi connectivity index (χ1n) is 9.80. The summed E-state index contributed by atoms with van der Waals surface area (Å²) in [5.74, 6) is 0.167. The molecule has 1 atom stereocenters. The second kappa shape index (κ2) is 8.18. The average molecular weight is 416 g/mol. The molecule has 0 saturated carbocycles. The van der Waals surface area contributed by atoms with Gasteiger partial charge >= 0.3 is 5.97 Å². The van der Waals surface area contributed by atoms with Crippen molar-refractivity contribution in [3.05, 3.63) is 72.0 Å². The Balaban J connectivity index is 1.91. The van der Waals surface area contributed by atoms with E-state index >= 15 is 0 Å². The van der Waals surface area contributed by atoms with Gasteiger partial charge in [0.1, 0.15) is 11.8 Å². The van der Waals surface area contributed by atoms with Crippen molar-refractivity contribution in [2.75, 3.05) is 4.90 Å². The maximum absolute atomic E-state index is 12.8. The van der Waals surface area contributed by atoms with Gasteiger partial charge in [0.15, 0.2) is 0 Å². The van der Waals surface area contributed by atoms with Crippen LogP contribution in [0.3, 0.4) is 0 Å². The summed E-state index contributed by atoms with van der Waals surface area (Å²) in [6.07, 6.45) is 5.92. The summed E-state index contributed by atoms with van der Waals surface area (Å²) in [6.45, 7) is 0. The first kappa shape index (κ1) is 19.4. The topological polar surface area (TPSA) is 29.5 Å². The number of halogens is 2. The smallest absolute Gasteiger partial charge is 0.350 e. The van der Waals surface area contributed by atoms with E-state index in [0.29, 0.717) is 0 Å². The molecule has 28 heavy (non-hydrogen) atoms. The summed E-state index contributed by atoms with van der Waals surface area (Å²) in [5, 5.41) is 0. The molecular weight excluding hydrogens is 393 g/mol. The number of allylic oxidation sites excluding steroid dienone is 1. The summed E-state index contributed by atoms with van der Waals surface area (Å²) in [7, 11) is 0. The molecule has 5 heteroatoms. The van der Waals surface area contributed by atoms with Gasteiger partial charge in [-0.2, -0.15) is 0 Å². The maximum atomic E-state index is 12.8. The summed E-state index contributed by atoms with van der Waals surface area (Å²) in [5.41, 5.74) is 2.91. The Labute approximate surface area is 175 Å². The number of nitrogens with zero attached hydrogens (tertiary/aromatic N) is 1. The van der Waals surface area contributed by atoms with Crippen LogP contribution in [0.15, 0.2) is 72.0 Å². The van der Waals surface area contributed by atoms with Crippen molar-refractivity contribution in [3.8, 4) is 0 Å². The Kier molecular flexibility index (Phi) is 5.65. The lowest BCUT2D eigenvalue weighted by atomic mass is 9.88. The second-order valence-electron chi connectivity index (χ2n) is 7.32. The number of rotatable bonds is 3. The van der Waals surface area contributed by atoms with Crippen molar-refractivity contribution in [1.82, 2.24) is 0 Å². The zero-order valence-corrected chi connectivity index (χ0v) is 17.1. The molecule has 1 aliphatic carbocycles. The molecular formula is C23H23Cl2NO2. The van der Waals surface area contributed by atoms with Crippen LogP contribution in [0.2, 0.25) is 0 Å². The molecule has 2 aliphatic rings. The molecule has 0 bridgehead atoms. The molecule has 146 valence electrons. The number of ether oxygens (including phenoxy) is 1. The highest BCUT2D eigenvalue weighted by Gasteiger charge is 2.53. The molecule has 0 fully saturated rings. The second-order valence-corrected chi connectivity index (χ2v) is 8.70. The number of esters is 1. The number of anilines is 2. The van der Waals surface area contributed by atoms with E-state index < -0.39 is 16.3 Å². The van der Waals surface area contributed by atoms with Crippen molar-refractivity contribution in [1.29, 1.82) is 0 Å². The van der Waals surface area contributed by atoms with Crippen LogP contribution >= 0.6 is 23.2 Å². The lowest BCUT2D eigenvalue weighted by Crippen LogP contribution is -2.54. The predicted octanol–water partition coefficient (Wildman–Crippen LogP) is 6.53. The van der Waals surface area contributed by atoms with E-state index in [1.54, 1.807) is 0 Å². The van der Waals surface area contributed by atoms with Crippen LogP contribution in [0, 0.1) is 0 Å². The summed E-state index contributed by atoms with van der Waals surface area (Å²) < 4.78 is 3.95. The summed E-state index contributed by atoms with van der Waals surface area (Å²) in [6, 6.07) is 19.4. The fourth-order valence-electron chi connectivity index (χ4n) is 4.11. The molecule has 1 aliphatic heterocycles. The minimum atomic E-state index is -1.69. The third-order valence-corrected chi connectivity index (χ3v) is 6.17. The van der Waals surface area contributed by atoms with E-state index in [-0.39, 0.29) is 0 Å². The zero-order valence-electron chi connectivity index (χ0n) is 15.6. The number of benzene rings is 2. The van der Waals surface area contributed by atoms with E-state index in [9.17, 15) is 4.79 Å². The highest BCUT2D eigenvalue weighted by atomic mass is 35.5. The van der Waals surface area contributed by atoms with Crippen molar-refractivity contribution in [2.24, 2.45) is 0 Å². The van der Waals surface area contributed by atoms with Crippen LogP contribution in [0.5, 0.6) is 0 Å². The normalized spacial score (nSPS) is 21.9. The van der Waals surface area contributed by atoms with Gasteiger partial charge in [-0.1, -0.05) is 72.4 Å². The molecule has 1 heterocycles. The van der Waals surface area contributed by atoms with Crippen LogP contribution < -0.4 is 4.90 Å². The Hall–Kier alpha value is -1.97. The van der Waals surface area contributed by atoms with Crippen molar-refractivity contribution < 1.29 is 9.53 Å². The minimum absolute atomic E-state index is 0.519. The fourth-order valence-corrected chi connectivity index (χ4v) is 4.65. The first-order chi connectivity index (χ1) is 13.6. The Morgan fingerprint density at radius 3 is 1.93 bits per heavy atom. The number of carbonyl (C=O) groups is 1. The van der Waals surface area contributed by atoms with Gasteiger partial charge in [-0.3, -0.25) is 0 Å². The van der Waals surface area contributed by atoms with Gasteiger partial charge < -0.3 is 9.64 Å². The van der Waals surface area contributed by atoms with Crippen molar-refractivity contribution in [3.63, 3.8) is 0 Å². The molecule has 0 amide bonds. The van der Waals surface area contributed by atoms with E-state index in [1.165, 1.54) is 0 Å². The van der Waals surface area contributed by atoms with Crippen LogP contribution in [-0.4, -0.2) is 16.3 Å². The summed E-state index contributed by atoms with van der Waals surface area (Å²) >= 11 is 13.4. The molecule has 0 N–H and O–H groups in total. The quantitative estimate of drug-likeness (QED) is 0.421. The molecule has 2 aromatic carbocycles. The average Bonchev–Trinajstić information content (AvgIpc) is 2.69. The van der Waals surface area contributed by atoms with Gasteiger partial charge in [0.25, 0.3) is 0 Å². The number of hydrogen-bond acceptors (Lipinski definition) is 3. The molecule has 0 radical (unpaired) electrons. The van der Waals surface area contributed by atoms with Crippen LogP contribution in [0.4, 0.5) is 11.4 Å². The van der Waals surface area contributed by atoms with Crippen LogP contribution in [-0.2, 0) is 9.53 Å². The van der Waals surface area contributed by atoms with Crippen molar-refractivity contribution in [2.45, 2.75) is 48.9 Å². The monoisotopic (exact) mass is 415 g/mol. The fraction of sp³-hybridized carbons (Fsp3) is 0.348. The third kappa shape index (κ3) is 3.66. The van der Waals surface area contributed by atoms with Gasteiger partial charge in [-0.05, 0) is 49.1 Å². The molecule has 0 spiro atoms. The molecule has 1 unspecified atom stereocenters. The van der Waals surface area contributed by atoms with Gasteiger partial charge in [0.05, 0.1) is 0 Å². The van der Waals surface area contributed by atoms with E-state index in [2.05, 4.69) is 4.90 Å². The number of carbonyl (C=O) groups excluding carboxylic acids is 1. The Morgan fingerprint density at radius 2 is 1.36 bits per heavy atom.